The van der Waals surface area contributed by atoms with Gasteiger partial charge in [-0.25, -0.2) is 0 Å². The van der Waals surface area contributed by atoms with E-state index in [0.29, 0.717) is 24.8 Å². The Labute approximate surface area is 145 Å². The highest BCUT2D eigenvalue weighted by Crippen LogP contribution is 2.16. The minimum atomic E-state index is -0.637. The highest BCUT2D eigenvalue weighted by atomic mass is 16.5. The molecule has 5 nitrogen and oxygen atoms in total. The van der Waals surface area contributed by atoms with Crippen LogP contribution in [0.2, 0.25) is 0 Å². The number of benzene rings is 1. The van der Waals surface area contributed by atoms with E-state index in [1.54, 1.807) is 24.3 Å². The van der Waals surface area contributed by atoms with Crippen molar-refractivity contribution in [2.24, 2.45) is 5.92 Å². The average Bonchev–Trinajstić information content (AvgIpc) is 2.61. The quantitative estimate of drug-likeness (QED) is 0.640. The number of nitrogens with one attached hydrogen (secondary N) is 2. The summed E-state index contributed by atoms with van der Waals surface area (Å²) in [7, 11) is 0. The van der Waals surface area contributed by atoms with Gasteiger partial charge in [-0.15, -0.1) is 0 Å². The lowest BCUT2D eigenvalue weighted by Gasteiger charge is -2.15. The number of carbonyl (C=O) groups is 2. The van der Waals surface area contributed by atoms with Crippen molar-refractivity contribution in [3.63, 3.8) is 0 Å². The van der Waals surface area contributed by atoms with E-state index in [4.69, 9.17) is 4.74 Å². The van der Waals surface area contributed by atoms with Gasteiger partial charge in [0.25, 0.3) is 0 Å². The van der Waals surface area contributed by atoms with Crippen molar-refractivity contribution in [3.8, 4) is 5.75 Å². The molecule has 1 aromatic carbocycles. The van der Waals surface area contributed by atoms with E-state index in [2.05, 4.69) is 24.5 Å². The summed E-state index contributed by atoms with van der Waals surface area (Å²) in [4.78, 5) is 23.8. The van der Waals surface area contributed by atoms with Crippen LogP contribution in [-0.4, -0.2) is 25.0 Å². The number of ether oxygens (including phenoxy) is 1. The zero-order valence-corrected chi connectivity index (χ0v) is 15.1. The number of amides is 2. The van der Waals surface area contributed by atoms with Gasteiger partial charge in [-0.2, -0.15) is 0 Å². The van der Waals surface area contributed by atoms with Crippen molar-refractivity contribution < 1.29 is 14.3 Å². The van der Waals surface area contributed by atoms with E-state index in [0.717, 1.165) is 37.9 Å². The molecule has 0 aliphatic rings. The van der Waals surface area contributed by atoms with Crippen molar-refractivity contribution in [1.29, 1.82) is 0 Å². The van der Waals surface area contributed by atoms with Gasteiger partial charge < -0.3 is 15.4 Å². The van der Waals surface area contributed by atoms with E-state index in [1.165, 1.54) is 0 Å². The number of anilines is 1. The summed E-state index contributed by atoms with van der Waals surface area (Å²) >= 11 is 0. The molecule has 2 amide bonds. The predicted molar refractivity (Wildman–Crippen MR) is 97.2 cm³/mol. The Hall–Kier alpha value is -2.04. The molecule has 0 spiro atoms. The lowest BCUT2D eigenvalue weighted by Crippen LogP contribution is -2.38. The third-order valence-electron chi connectivity index (χ3n) is 3.89. The summed E-state index contributed by atoms with van der Waals surface area (Å²) in [6.07, 6.45) is 5.31. The first-order chi connectivity index (χ1) is 11.6. The van der Waals surface area contributed by atoms with E-state index in [9.17, 15) is 9.59 Å². The van der Waals surface area contributed by atoms with Crippen LogP contribution in [0.4, 0.5) is 5.69 Å². The minimum Gasteiger partial charge on any atom is -0.494 e. The van der Waals surface area contributed by atoms with E-state index in [1.807, 2.05) is 6.92 Å². The third kappa shape index (κ3) is 7.49. The molecule has 0 saturated heterocycles. The molecular weight excluding hydrogens is 304 g/mol. The van der Waals surface area contributed by atoms with Gasteiger partial charge in [0.15, 0.2) is 0 Å². The monoisotopic (exact) mass is 334 g/mol. The fourth-order valence-corrected chi connectivity index (χ4v) is 2.30. The van der Waals surface area contributed by atoms with Gasteiger partial charge in [-0.1, -0.05) is 40.0 Å². The molecule has 1 aromatic rings. The summed E-state index contributed by atoms with van der Waals surface area (Å²) in [6, 6.07) is 7.01. The molecule has 134 valence electrons. The van der Waals surface area contributed by atoms with Crippen LogP contribution in [0.1, 0.15) is 52.9 Å². The average molecular weight is 334 g/mol. The van der Waals surface area contributed by atoms with Crippen molar-refractivity contribution in [1.82, 2.24) is 5.32 Å². The zero-order valence-electron chi connectivity index (χ0n) is 15.1. The topological polar surface area (TPSA) is 67.4 Å². The molecule has 5 heteroatoms. The molecule has 0 aliphatic carbocycles. The second-order valence-corrected chi connectivity index (χ2v) is 5.95. The predicted octanol–water partition coefficient (Wildman–Crippen LogP) is 3.75. The first-order valence-electron chi connectivity index (χ1n) is 8.92. The summed E-state index contributed by atoms with van der Waals surface area (Å²) in [6.45, 7) is 7.50. The Morgan fingerprint density at radius 2 is 1.75 bits per heavy atom. The van der Waals surface area contributed by atoms with Gasteiger partial charge in [0.2, 0.25) is 0 Å². The Bertz CT molecular complexity index is 500. The van der Waals surface area contributed by atoms with E-state index < -0.39 is 11.8 Å². The van der Waals surface area contributed by atoms with Crippen LogP contribution in [-0.2, 0) is 9.59 Å². The lowest BCUT2D eigenvalue weighted by molar-refractivity contribution is -0.136. The molecule has 1 atom stereocenters. The molecule has 0 aliphatic heterocycles. The Balaban J connectivity index is 2.41. The summed E-state index contributed by atoms with van der Waals surface area (Å²) in [5, 5.41) is 5.33. The van der Waals surface area contributed by atoms with Gasteiger partial charge in [0.1, 0.15) is 5.75 Å². The molecule has 0 radical (unpaired) electrons. The number of carbonyl (C=O) groups excluding carboxylic acids is 2. The molecule has 0 saturated carbocycles. The SMILES string of the molecule is CCCC[C@H](CC)CNC(=O)C(=O)Nc1ccc(OCCC)cc1. The standard InChI is InChI=1S/C19H30N2O3/c1-4-7-8-15(6-3)14-20-18(22)19(23)21-16-9-11-17(12-10-16)24-13-5-2/h9-12,15H,4-8,13-14H2,1-3H3,(H,20,22)(H,21,23)/t15-/m0/s1. The Morgan fingerprint density at radius 1 is 1.04 bits per heavy atom. The van der Waals surface area contributed by atoms with E-state index >= 15 is 0 Å². The van der Waals surface area contributed by atoms with Gasteiger partial charge in [-0.3, -0.25) is 9.59 Å². The van der Waals surface area contributed by atoms with Gasteiger partial charge in [0, 0.05) is 12.2 Å². The largest absolute Gasteiger partial charge is 0.494 e. The van der Waals surface area contributed by atoms with Crippen LogP contribution in [0.5, 0.6) is 5.75 Å². The Morgan fingerprint density at radius 3 is 2.33 bits per heavy atom. The molecule has 0 aromatic heterocycles. The molecule has 24 heavy (non-hydrogen) atoms. The molecule has 0 bridgehead atoms. The first kappa shape index (κ1) is 20.0. The van der Waals surface area contributed by atoms with Crippen LogP contribution in [0, 0.1) is 5.92 Å². The zero-order chi connectivity index (χ0) is 17.8. The van der Waals surface area contributed by atoms with Gasteiger partial charge in [0.05, 0.1) is 6.61 Å². The smallest absolute Gasteiger partial charge is 0.313 e. The second-order valence-electron chi connectivity index (χ2n) is 5.95. The number of hydrogen-bond acceptors (Lipinski definition) is 3. The molecule has 0 heterocycles. The van der Waals surface area contributed by atoms with Crippen LogP contribution in [0.15, 0.2) is 24.3 Å². The van der Waals surface area contributed by atoms with E-state index in [-0.39, 0.29) is 0 Å². The number of unbranched alkanes of at least 4 members (excludes halogenated alkanes) is 1. The molecule has 0 fully saturated rings. The van der Waals surface area contributed by atoms with Crippen LogP contribution in [0.3, 0.4) is 0 Å². The maximum atomic E-state index is 11.9. The molecule has 0 unspecified atom stereocenters. The minimum absolute atomic E-state index is 0.427. The van der Waals surface area contributed by atoms with Crippen molar-refractivity contribution in [2.45, 2.75) is 52.9 Å². The maximum absolute atomic E-state index is 11.9. The first-order valence-corrected chi connectivity index (χ1v) is 8.92. The van der Waals surface area contributed by atoms with Crippen molar-refractivity contribution in [3.05, 3.63) is 24.3 Å². The lowest BCUT2D eigenvalue weighted by atomic mass is 9.99. The fourth-order valence-electron chi connectivity index (χ4n) is 2.30. The molecular formula is C19H30N2O3. The van der Waals surface area contributed by atoms with Crippen molar-refractivity contribution >= 4 is 17.5 Å². The third-order valence-corrected chi connectivity index (χ3v) is 3.89. The van der Waals surface area contributed by atoms with Gasteiger partial charge in [-0.05, 0) is 43.0 Å². The fraction of sp³-hybridized carbons (Fsp3) is 0.579. The molecule has 2 N–H and O–H groups in total. The van der Waals surface area contributed by atoms with Crippen molar-refractivity contribution in [2.75, 3.05) is 18.5 Å². The van der Waals surface area contributed by atoms with Crippen LogP contribution < -0.4 is 15.4 Å². The normalized spacial score (nSPS) is 11.6. The highest BCUT2D eigenvalue weighted by Gasteiger charge is 2.15. The summed E-state index contributed by atoms with van der Waals surface area (Å²) in [5.74, 6) is -0.0449. The Kier molecular flexibility index (Phi) is 9.58. The molecule has 1 rings (SSSR count). The summed E-state index contributed by atoms with van der Waals surface area (Å²) < 4.78 is 5.48. The number of rotatable bonds is 10. The number of hydrogen-bond donors (Lipinski definition) is 2. The highest BCUT2D eigenvalue weighted by molar-refractivity contribution is 6.39. The summed E-state index contributed by atoms with van der Waals surface area (Å²) in [5.41, 5.74) is 0.581. The maximum Gasteiger partial charge on any atom is 0.313 e. The van der Waals surface area contributed by atoms with Crippen LogP contribution in [0.25, 0.3) is 0 Å². The van der Waals surface area contributed by atoms with Gasteiger partial charge >= 0.3 is 11.8 Å². The van der Waals surface area contributed by atoms with Crippen LogP contribution >= 0.6 is 0 Å². The second kappa shape index (κ2) is 11.5.